The van der Waals surface area contributed by atoms with Crippen molar-refractivity contribution in [2.75, 3.05) is 19.6 Å². The predicted molar refractivity (Wildman–Crippen MR) is 69.8 cm³/mol. The van der Waals surface area contributed by atoms with Gasteiger partial charge < -0.3 is 10.2 Å². The summed E-state index contributed by atoms with van der Waals surface area (Å²) >= 11 is 1.45. The van der Waals surface area contributed by atoms with Crippen LogP contribution in [-0.4, -0.2) is 41.3 Å². The molecule has 0 radical (unpaired) electrons. The summed E-state index contributed by atoms with van der Waals surface area (Å²) < 4.78 is 0. The van der Waals surface area contributed by atoms with Crippen LogP contribution in [0.5, 0.6) is 0 Å². The minimum atomic E-state index is -0.0921. The number of carbonyl (C=O) groups is 2. The second-order valence-electron chi connectivity index (χ2n) is 4.35. The monoisotopic (exact) mass is 267 g/mol. The van der Waals surface area contributed by atoms with Crippen molar-refractivity contribution in [2.45, 2.75) is 26.7 Å². The highest BCUT2D eigenvalue weighted by atomic mass is 32.1. The first-order valence-electron chi connectivity index (χ1n) is 6.14. The third kappa shape index (κ3) is 2.69. The number of aromatic nitrogens is 1. The van der Waals surface area contributed by atoms with Crippen LogP contribution < -0.4 is 5.32 Å². The lowest BCUT2D eigenvalue weighted by Crippen LogP contribution is -2.49. The molecule has 0 bridgehead atoms. The number of piperazine rings is 1. The smallest absolute Gasteiger partial charge is 0.266 e. The molecule has 2 rings (SSSR count). The summed E-state index contributed by atoms with van der Waals surface area (Å²) in [4.78, 5) is 30.3. The number of carbonyl (C=O) groups excluding carboxylic acids is 2. The third-order valence-corrected chi connectivity index (χ3v) is 4.03. The van der Waals surface area contributed by atoms with Gasteiger partial charge in [-0.3, -0.25) is 9.59 Å². The van der Waals surface area contributed by atoms with Crippen molar-refractivity contribution in [2.24, 2.45) is 0 Å². The average molecular weight is 267 g/mol. The van der Waals surface area contributed by atoms with Crippen LogP contribution in [0, 0.1) is 6.92 Å². The Morgan fingerprint density at radius 2 is 2.33 bits per heavy atom. The topological polar surface area (TPSA) is 62.3 Å². The largest absolute Gasteiger partial charge is 0.353 e. The van der Waals surface area contributed by atoms with Gasteiger partial charge in [-0.1, -0.05) is 6.92 Å². The third-order valence-electron chi connectivity index (χ3n) is 2.82. The maximum Gasteiger partial charge on any atom is 0.266 e. The molecule has 0 saturated carbocycles. The van der Waals surface area contributed by atoms with E-state index < -0.39 is 0 Å². The fourth-order valence-electron chi connectivity index (χ4n) is 1.93. The van der Waals surface area contributed by atoms with Crippen LogP contribution >= 0.6 is 11.3 Å². The van der Waals surface area contributed by atoms with Gasteiger partial charge in [0.05, 0.1) is 17.2 Å². The highest BCUT2D eigenvalue weighted by molar-refractivity contribution is 7.13. The van der Waals surface area contributed by atoms with Crippen LogP contribution in [0.1, 0.15) is 33.7 Å². The van der Waals surface area contributed by atoms with Crippen molar-refractivity contribution in [3.05, 3.63) is 15.6 Å². The van der Waals surface area contributed by atoms with Gasteiger partial charge in [0.2, 0.25) is 5.91 Å². The molecular formula is C12H17N3O2S. The van der Waals surface area contributed by atoms with Gasteiger partial charge in [-0.05, 0) is 19.8 Å². The van der Waals surface area contributed by atoms with E-state index in [0.717, 1.165) is 23.5 Å². The lowest BCUT2D eigenvalue weighted by Gasteiger charge is -2.26. The van der Waals surface area contributed by atoms with Gasteiger partial charge >= 0.3 is 0 Å². The van der Waals surface area contributed by atoms with Crippen LogP contribution in [0.25, 0.3) is 0 Å². The first-order valence-corrected chi connectivity index (χ1v) is 6.95. The molecule has 98 valence electrons. The van der Waals surface area contributed by atoms with Gasteiger partial charge in [0.1, 0.15) is 4.88 Å². The quantitative estimate of drug-likeness (QED) is 0.888. The molecule has 1 aliphatic rings. The number of rotatable bonds is 3. The molecule has 2 heterocycles. The number of amides is 2. The lowest BCUT2D eigenvalue weighted by atomic mass is 10.3. The van der Waals surface area contributed by atoms with Gasteiger partial charge in [0.15, 0.2) is 0 Å². The summed E-state index contributed by atoms with van der Waals surface area (Å²) in [7, 11) is 0. The molecule has 6 heteroatoms. The summed E-state index contributed by atoms with van der Waals surface area (Å²) in [6, 6.07) is 0. The summed E-state index contributed by atoms with van der Waals surface area (Å²) in [6.45, 7) is 5.20. The van der Waals surface area contributed by atoms with Crippen LogP contribution in [-0.2, 0) is 11.2 Å². The van der Waals surface area contributed by atoms with Gasteiger partial charge in [-0.15, -0.1) is 11.3 Å². The number of nitrogens with one attached hydrogen (secondary N) is 1. The van der Waals surface area contributed by atoms with Crippen molar-refractivity contribution >= 4 is 23.2 Å². The zero-order valence-electron chi connectivity index (χ0n) is 10.7. The molecule has 0 atom stereocenters. The van der Waals surface area contributed by atoms with E-state index >= 15 is 0 Å². The zero-order valence-corrected chi connectivity index (χ0v) is 11.5. The van der Waals surface area contributed by atoms with E-state index in [1.165, 1.54) is 11.3 Å². The van der Waals surface area contributed by atoms with E-state index in [-0.39, 0.29) is 18.4 Å². The molecule has 1 fully saturated rings. The number of thiazole rings is 1. The van der Waals surface area contributed by atoms with Gasteiger partial charge in [-0.25, -0.2) is 4.98 Å². The van der Waals surface area contributed by atoms with Crippen LogP contribution in [0.15, 0.2) is 0 Å². The first kappa shape index (κ1) is 13.0. The highest BCUT2D eigenvalue weighted by Crippen LogP contribution is 2.21. The second kappa shape index (κ2) is 5.48. The zero-order chi connectivity index (χ0) is 13.1. The van der Waals surface area contributed by atoms with E-state index in [4.69, 9.17) is 0 Å². The highest BCUT2D eigenvalue weighted by Gasteiger charge is 2.25. The summed E-state index contributed by atoms with van der Waals surface area (Å²) in [5.41, 5.74) is 0.777. The SMILES string of the molecule is CCCc1nc(C)c(C(=O)N2CCNC(=O)C2)s1. The molecule has 18 heavy (non-hydrogen) atoms. The Morgan fingerprint density at radius 1 is 1.56 bits per heavy atom. The Kier molecular flexibility index (Phi) is 3.96. The Balaban J connectivity index is 2.14. The molecule has 0 aliphatic carbocycles. The summed E-state index contributed by atoms with van der Waals surface area (Å²) in [5, 5.41) is 3.71. The minimum Gasteiger partial charge on any atom is -0.353 e. The second-order valence-corrected chi connectivity index (χ2v) is 5.43. The fourth-order valence-corrected chi connectivity index (χ4v) is 3.06. The number of nitrogens with zero attached hydrogens (tertiary/aromatic N) is 2. The Bertz CT molecular complexity index is 470. The van der Waals surface area contributed by atoms with Crippen molar-refractivity contribution in [1.82, 2.24) is 15.2 Å². The lowest BCUT2D eigenvalue weighted by molar-refractivity contribution is -0.123. The minimum absolute atomic E-state index is 0.0674. The van der Waals surface area contributed by atoms with Gasteiger partial charge in [0.25, 0.3) is 5.91 Å². The van der Waals surface area contributed by atoms with Gasteiger partial charge in [0, 0.05) is 13.1 Å². The predicted octanol–water partition coefficient (Wildman–Crippen LogP) is 0.976. The standard InChI is InChI=1S/C12H17N3O2S/c1-3-4-10-14-8(2)11(18-10)12(17)15-6-5-13-9(16)7-15/h3-7H2,1-2H3,(H,13,16). The maximum absolute atomic E-state index is 12.3. The molecular weight excluding hydrogens is 250 g/mol. The molecule has 1 aliphatic heterocycles. The molecule has 5 nitrogen and oxygen atoms in total. The number of aryl methyl sites for hydroxylation is 2. The van der Waals surface area contributed by atoms with E-state index in [9.17, 15) is 9.59 Å². The van der Waals surface area contributed by atoms with Gasteiger partial charge in [-0.2, -0.15) is 0 Å². The average Bonchev–Trinajstić information content (AvgIpc) is 2.70. The first-order chi connectivity index (χ1) is 8.61. The molecule has 0 unspecified atom stereocenters. The Labute approximate surface area is 110 Å². The van der Waals surface area contributed by atoms with E-state index in [1.807, 2.05) is 6.92 Å². The van der Waals surface area contributed by atoms with Crippen molar-refractivity contribution < 1.29 is 9.59 Å². The molecule has 1 N–H and O–H groups in total. The molecule has 0 aromatic carbocycles. The Morgan fingerprint density at radius 3 is 3.00 bits per heavy atom. The van der Waals surface area contributed by atoms with E-state index in [2.05, 4.69) is 17.2 Å². The number of hydrogen-bond acceptors (Lipinski definition) is 4. The normalized spacial score (nSPS) is 15.7. The van der Waals surface area contributed by atoms with E-state index in [1.54, 1.807) is 4.90 Å². The van der Waals surface area contributed by atoms with Crippen LogP contribution in [0.4, 0.5) is 0 Å². The van der Waals surface area contributed by atoms with E-state index in [0.29, 0.717) is 18.0 Å². The molecule has 0 spiro atoms. The van der Waals surface area contributed by atoms with Crippen molar-refractivity contribution in [3.8, 4) is 0 Å². The van der Waals surface area contributed by atoms with Crippen LogP contribution in [0.3, 0.4) is 0 Å². The molecule has 1 saturated heterocycles. The van der Waals surface area contributed by atoms with Crippen molar-refractivity contribution in [1.29, 1.82) is 0 Å². The van der Waals surface area contributed by atoms with Crippen molar-refractivity contribution in [3.63, 3.8) is 0 Å². The maximum atomic E-state index is 12.3. The Hall–Kier alpha value is -1.43. The fraction of sp³-hybridized carbons (Fsp3) is 0.583. The summed E-state index contributed by atoms with van der Waals surface area (Å²) in [6.07, 6.45) is 1.92. The molecule has 1 aromatic heterocycles. The van der Waals surface area contributed by atoms with Crippen LogP contribution in [0.2, 0.25) is 0 Å². The summed E-state index contributed by atoms with van der Waals surface area (Å²) in [5.74, 6) is -0.159. The number of hydrogen-bond donors (Lipinski definition) is 1. The molecule has 1 aromatic rings. The molecule has 2 amide bonds.